The Bertz CT molecular complexity index is 917. The van der Waals surface area contributed by atoms with Crippen LogP contribution >= 0.6 is 0 Å². The second-order valence-corrected chi connectivity index (χ2v) is 7.89. The van der Waals surface area contributed by atoms with Gasteiger partial charge in [-0.05, 0) is 46.2 Å². The topological polar surface area (TPSA) is 26.3 Å². The lowest BCUT2D eigenvalue weighted by molar-refractivity contribution is 0.0473. The molecule has 0 saturated heterocycles. The van der Waals surface area contributed by atoms with Crippen LogP contribution in [0.1, 0.15) is 47.8 Å². The molecule has 27 heavy (non-hydrogen) atoms. The van der Waals surface area contributed by atoms with Gasteiger partial charge in [-0.25, -0.2) is 4.79 Å². The largest absolute Gasteiger partial charge is 0.457 e. The van der Waals surface area contributed by atoms with Crippen molar-refractivity contribution in [3.05, 3.63) is 95.1 Å². The third-order valence-electron chi connectivity index (χ3n) is 4.75. The van der Waals surface area contributed by atoms with Crippen molar-refractivity contribution in [2.24, 2.45) is 0 Å². The molecule has 3 aromatic rings. The minimum absolute atomic E-state index is 0.0989. The quantitative estimate of drug-likeness (QED) is 0.510. The van der Waals surface area contributed by atoms with Crippen LogP contribution in [0.15, 0.2) is 72.8 Å². The number of carbonyl (C=O) groups excluding carboxylic acids is 1. The van der Waals surface area contributed by atoms with E-state index in [0.29, 0.717) is 5.56 Å². The van der Waals surface area contributed by atoms with Gasteiger partial charge in [0.15, 0.2) is 0 Å². The van der Waals surface area contributed by atoms with E-state index in [9.17, 15) is 4.79 Å². The molecule has 0 aromatic heterocycles. The molecule has 0 spiro atoms. The fraction of sp³-hybridized carbons (Fsp3) is 0.240. The second-order valence-electron chi connectivity index (χ2n) is 7.89. The van der Waals surface area contributed by atoms with E-state index < -0.39 is 0 Å². The molecule has 0 aliphatic heterocycles. The van der Waals surface area contributed by atoms with E-state index in [-0.39, 0.29) is 18.0 Å². The molecule has 2 nitrogen and oxygen atoms in total. The summed E-state index contributed by atoms with van der Waals surface area (Å²) >= 11 is 0. The summed E-state index contributed by atoms with van der Waals surface area (Å²) in [6.45, 7) is 8.89. The van der Waals surface area contributed by atoms with E-state index in [1.807, 2.05) is 55.5 Å². The number of ether oxygens (including phenoxy) is 1. The Hall–Kier alpha value is -2.87. The summed E-state index contributed by atoms with van der Waals surface area (Å²) in [6.07, 6.45) is 0. The summed E-state index contributed by atoms with van der Waals surface area (Å²) in [5, 5.41) is 0. The molecule has 3 rings (SSSR count). The molecule has 0 atom stereocenters. The van der Waals surface area contributed by atoms with Crippen LogP contribution in [0, 0.1) is 6.92 Å². The van der Waals surface area contributed by atoms with Crippen molar-refractivity contribution in [3.8, 4) is 11.1 Å². The molecule has 0 aliphatic carbocycles. The van der Waals surface area contributed by atoms with Crippen LogP contribution < -0.4 is 0 Å². The minimum Gasteiger partial charge on any atom is -0.457 e. The molecule has 0 radical (unpaired) electrons. The lowest BCUT2D eigenvalue weighted by Gasteiger charge is -2.20. The Kier molecular flexibility index (Phi) is 5.46. The van der Waals surface area contributed by atoms with Crippen LogP contribution in [-0.2, 0) is 16.8 Å². The van der Waals surface area contributed by atoms with Gasteiger partial charge in [-0.2, -0.15) is 0 Å². The Morgan fingerprint density at radius 2 is 1.52 bits per heavy atom. The summed E-state index contributed by atoms with van der Waals surface area (Å²) in [4.78, 5) is 12.8. The zero-order chi connectivity index (χ0) is 19.4. The van der Waals surface area contributed by atoms with Gasteiger partial charge in [-0.1, -0.05) is 87.5 Å². The van der Waals surface area contributed by atoms with Crippen LogP contribution in [0.3, 0.4) is 0 Å². The monoisotopic (exact) mass is 358 g/mol. The molecule has 3 aromatic carbocycles. The van der Waals surface area contributed by atoms with Gasteiger partial charge >= 0.3 is 5.97 Å². The van der Waals surface area contributed by atoms with Crippen LogP contribution in [0.4, 0.5) is 0 Å². The van der Waals surface area contributed by atoms with Crippen LogP contribution in [-0.4, -0.2) is 5.97 Å². The summed E-state index contributed by atoms with van der Waals surface area (Å²) in [6, 6.07) is 24.0. The van der Waals surface area contributed by atoms with Crippen LogP contribution in [0.5, 0.6) is 0 Å². The number of hydrogen-bond donors (Lipinski definition) is 0. The van der Waals surface area contributed by atoms with Crippen molar-refractivity contribution < 1.29 is 9.53 Å². The molecule has 2 heteroatoms. The number of aryl methyl sites for hydroxylation is 1. The van der Waals surface area contributed by atoms with Crippen molar-refractivity contribution in [2.75, 3.05) is 0 Å². The van der Waals surface area contributed by atoms with Crippen molar-refractivity contribution in [1.29, 1.82) is 0 Å². The molecule has 0 saturated carbocycles. The Balaban J connectivity index is 1.89. The normalized spacial score (nSPS) is 11.3. The molecule has 0 unspecified atom stereocenters. The summed E-state index contributed by atoms with van der Waals surface area (Å²) in [5.74, 6) is -0.294. The molecule has 0 bridgehead atoms. The zero-order valence-corrected chi connectivity index (χ0v) is 16.5. The standard InChI is InChI=1S/C25H26O2/c1-18-9-8-12-22(24(26)27-17-19-10-6-5-7-11-19)23(18)20-13-15-21(16-14-20)25(2,3)4/h5-16H,17H2,1-4H3. The average Bonchev–Trinajstić information content (AvgIpc) is 2.66. The second kappa shape index (κ2) is 7.79. The van der Waals surface area contributed by atoms with Crippen molar-refractivity contribution in [2.45, 2.75) is 39.7 Å². The SMILES string of the molecule is Cc1cccc(C(=O)OCc2ccccc2)c1-c1ccc(C(C)(C)C)cc1. The first kappa shape index (κ1) is 18.9. The summed E-state index contributed by atoms with van der Waals surface area (Å²) < 4.78 is 5.57. The lowest BCUT2D eigenvalue weighted by atomic mass is 9.85. The number of rotatable bonds is 4. The molecule has 0 N–H and O–H groups in total. The number of carbonyl (C=O) groups is 1. The Morgan fingerprint density at radius 3 is 2.15 bits per heavy atom. The molecule has 0 heterocycles. The molecule has 0 aliphatic rings. The van der Waals surface area contributed by atoms with Crippen LogP contribution in [0.25, 0.3) is 11.1 Å². The van der Waals surface area contributed by atoms with Gasteiger partial charge in [0.05, 0.1) is 5.56 Å². The Morgan fingerprint density at radius 1 is 0.852 bits per heavy atom. The highest BCUT2D eigenvalue weighted by molar-refractivity contribution is 5.98. The van der Waals surface area contributed by atoms with E-state index >= 15 is 0 Å². The first-order valence-corrected chi connectivity index (χ1v) is 9.28. The maximum Gasteiger partial charge on any atom is 0.339 e. The van der Waals surface area contributed by atoms with Gasteiger partial charge in [0.25, 0.3) is 0 Å². The molecular formula is C25H26O2. The smallest absolute Gasteiger partial charge is 0.339 e. The number of benzene rings is 3. The minimum atomic E-state index is -0.294. The maximum absolute atomic E-state index is 12.8. The maximum atomic E-state index is 12.8. The van der Waals surface area contributed by atoms with Gasteiger partial charge in [0, 0.05) is 0 Å². The average molecular weight is 358 g/mol. The third-order valence-corrected chi connectivity index (χ3v) is 4.75. The molecule has 0 fully saturated rings. The number of esters is 1. The highest BCUT2D eigenvalue weighted by Gasteiger charge is 2.18. The highest BCUT2D eigenvalue weighted by atomic mass is 16.5. The van der Waals surface area contributed by atoms with Gasteiger partial charge in [-0.15, -0.1) is 0 Å². The highest BCUT2D eigenvalue weighted by Crippen LogP contribution is 2.31. The van der Waals surface area contributed by atoms with Crippen molar-refractivity contribution in [3.63, 3.8) is 0 Å². The van der Waals surface area contributed by atoms with E-state index in [1.165, 1.54) is 5.56 Å². The fourth-order valence-corrected chi connectivity index (χ4v) is 3.16. The van der Waals surface area contributed by atoms with Gasteiger partial charge in [0.2, 0.25) is 0 Å². The molecular weight excluding hydrogens is 332 g/mol. The van der Waals surface area contributed by atoms with E-state index in [2.05, 4.69) is 45.0 Å². The molecule has 0 amide bonds. The van der Waals surface area contributed by atoms with Crippen molar-refractivity contribution >= 4 is 5.97 Å². The van der Waals surface area contributed by atoms with Gasteiger partial charge < -0.3 is 4.74 Å². The first-order chi connectivity index (χ1) is 12.9. The predicted molar refractivity (Wildman–Crippen MR) is 111 cm³/mol. The van der Waals surface area contributed by atoms with E-state index in [0.717, 1.165) is 22.3 Å². The van der Waals surface area contributed by atoms with Gasteiger partial charge in [0.1, 0.15) is 6.61 Å². The summed E-state index contributed by atoms with van der Waals surface area (Å²) in [7, 11) is 0. The van der Waals surface area contributed by atoms with Gasteiger partial charge in [-0.3, -0.25) is 0 Å². The zero-order valence-electron chi connectivity index (χ0n) is 16.5. The Labute approximate surface area is 161 Å². The third kappa shape index (κ3) is 4.46. The van der Waals surface area contributed by atoms with Crippen LogP contribution in [0.2, 0.25) is 0 Å². The summed E-state index contributed by atoms with van der Waals surface area (Å²) in [5.41, 5.74) is 6.00. The molecule has 138 valence electrons. The van der Waals surface area contributed by atoms with Crippen molar-refractivity contribution in [1.82, 2.24) is 0 Å². The van der Waals surface area contributed by atoms with E-state index in [1.54, 1.807) is 0 Å². The number of hydrogen-bond acceptors (Lipinski definition) is 2. The van der Waals surface area contributed by atoms with E-state index in [4.69, 9.17) is 4.74 Å². The lowest BCUT2D eigenvalue weighted by Crippen LogP contribution is -2.11. The fourth-order valence-electron chi connectivity index (χ4n) is 3.16. The first-order valence-electron chi connectivity index (χ1n) is 9.28. The predicted octanol–water partition coefficient (Wildman–Crippen LogP) is 6.32.